The summed E-state index contributed by atoms with van der Waals surface area (Å²) in [7, 11) is 0. The number of halogens is 6. The van der Waals surface area contributed by atoms with E-state index in [9.17, 15) is 26.3 Å². The SMILES string of the molecule is N#Cc1ccc(OC(F)(F)F)cc1-c1ccc(OC(F)(F)F)cc1. The summed E-state index contributed by atoms with van der Waals surface area (Å²) in [6, 6.07) is 9.21. The molecule has 0 bridgehead atoms. The Morgan fingerprint density at radius 3 is 1.75 bits per heavy atom. The molecular weight excluding hydrogens is 340 g/mol. The molecule has 126 valence electrons. The molecule has 2 rings (SSSR count). The summed E-state index contributed by atoms with van der Waals surface area (Å²) in [5.41, 5.74) is 0.348. The fourth-order valence-electron chi connectivity index (χ4n) is 1.89. The van der Waals surface area contributed by atoms with E-state index < -0.39 is 24.2 Å². The normalized spacial score (nSPS) is 11.7. The lowest BCUT2D eigenvalue weighted by molar-refractivity contribution is -0.275. The number of nitrogens with zero attached hydrogens (tertiary/aromatic N) is 1. The highest BCUT2D eigenvalue weighted by molar-refractivity contribution is 5.72. The van der Waals surface area contributed by atoms with E-state index in [1.807, 2.05) is 0 Å². The maximum atomic E-state index is 12.3. The summed E-state index contributed by atoms with van der Waals surface area (Å²) < 4.78 is 80.6. The van der Waals surface area contributed by atoms with Crippen LogP contribution in [0.5, 0.6) is 11.5 Å². The van der Waals surface area contributed by atoms with Gasteiger partial charge in [0.05, 0.1) is 11.6 Å². The van der Waals surface area contributed by atoms with E-state index in [4.69, 9.17) is 5.26 Å². The summed E-state index contributed by atoms with van der Waals surface area (Å²) in [6.07, 6.45) is -9.77. The van der Waals surface area contributed by atoms with Crippen molar-refractivity contribution in [3.63, 3.8) is 0 Å². The molecule has 0 spiro atoms. The molecule has 0 aliphatic heterocycles. The molecule has 9 heteroatoms. The Morgan fingerprint density at radius 2 is 1.25 bits per heavy atom. The molecule has 0 radical (unpaired) electrons. The average Bonchev–Trinajstić information content (AvgIpc) is 2.44. The van der Waals surface area contributed by atoms with Gasteiger partial charge in [-0.15, -0.1) is 26.3 Å². The zero-order chi connectivity index (χ0) is 18.0. The van der Waals surface area contributed by atoms with Gasteiger partial charge in [0.2, 0.25) is 0 Å². The van der Waals surface area contributed by atoms with Crippen LogP contribution in [0.15, 0.2) is 42.5 Å². The lowest BCUT2D eigenvalue weighted by Gasteiger charge is -2.12. The zero-order valence-corrected chi connectivity index (χ0v) is 11.6. The molecule has 0 saturated carbocycles. The number of rotatable bonds is 3. The summed E-state index contributed by atoms with van der Waals surface area (Å²) in [6.45, 7) is 0. The van der Waals surface area contributed by atoms with Crippen molar-refractivity contribution in [1.82, 2.24) is 0 Å². The van der Waals surface area contributed by atoms with E-state index in [0.29, 0.717) is 0 Å². The standard InChI is InChI=1S/C15H7F6NO2/c16-14(17,18)23-11-4-1-9(2-5-11)13-7-12(24-15(19,20)21)6-3-10(13)8-22/h1-7H. The first kappa shape index (κ1) is 17.5. The molecule has 0 fully saturated rings. The molecule has 0 N–H and O–H groups in total. The third-order valence-corrected chi connectivity index (χ3v) is 2.74. The lowest BCUT2D eigenvalue weighted by atomic mass is 10.00. The maximum Gasteiger partial charge on any atom is 0.573 e. The molecule has 0 aromatic heterocycles. The molecular formula is C15H7F6NO2. The second-order valence-corrected chi connectivity index (χ2v) is 4.44. The van der Waals surface area contributed by atoms with E-state index in [-0.39, 0.29) is 16.7 Å². The van der Waals surface area contributed by atoms with Crippen LogP contribution in [0.4, 0.5) is 26.3 Å². The summed E-state index contributed by atoms with van der Waals surface area (Å²) in [5, 5.41) is 9.02. The predicted octanol–water partition coefficient (Wildman–Crippen LogP) is 5.02. The molecule has 0 saturated heterocycles. The van der Waals surface area contributed by atoms with Gasteiger partial charge in [0.15, 0.2) is 0 Å². The second kappa shape index (κ2) is 6.31. The minimum Gasteiger partial charge on any atom is -0.406 e. The Morgan fingerprint density at radius 1 is 0.750 bits per heavy atom. The summed E-state index contributed by atoms with van der Waals surface area (Å²) in [4.78, 5) is 0. The number of benzene rings is 2. The van der Waals surface area contributed by atoms with Crippen molar-refractivity contribution in [2.24, 2.45) is 0 Å². The van der Waals surface area contributed by atoms with Gasteiger partial charge in [0.1, 0.15) is 11.5 Å². The molecule has 0 heterocycles. The Kier molecular flexibility index (Phi) is 4.59. The van der Waals surface area contributed by atoms with E-state index in [2.05, 4.69) is 9.47 Å². The van der Waals surface area contributed by atoms with Crippen LogP contribution in [0.1, 0.15) is 5.56 Å². The highest BCUT2D eigenvalue weighted by atomic mass is 19.4. The summed E-state index contributed by atoms with van der Waals surface area (Å²) in [5.74, 6) is -1.04. The Bertz CT molecular complexity index is 760. The summed E-state index contributed by atoms with van der Waals surface area (Å²) >= 11 is 0. The zero-order valence-electron chi connectivity index (χ0n) is 11.6. The quantitative estimate of drug-likeness (QED) is 0.732. The number of hydrogen-bond donors (Lipinski definition) is 0. The highest BCUT2D eigenvalue weighted by Crippen LogP contribution is 2.32. The molecule has 3 nitrogen and oxygen atoms in total. The maximum absolute atomic E-state index is 12.3. The highest BCUT2D eigenvalue weighted by Gasteiger charge is 2.32. The number of hydrogen-bond acceptors (Lipinski definition) is 3. The molecule has 24 heavy (non-hydrogen) atoms. The Labute approximate surface area is 131 Å². The largest absolute Gasteiger partial charge is 0.573 e. The van der Waals surface area contributed by atoms with Crippen molar-refractivity contribution in [2.45, 2.75) is 12.7 Å². The Hall–Kier alpha value is -2.89. The minimum atomic E-state index is -4.91. The van der Waals surface area contributed by atoms with Gasteiger partial charge >= 0.3 is 12.7 Å². The molecule has 2 aromatic rings. The molecule has 2 aromatic carbocycles. The van der Waals surface area contributed by atoms with Crippen LogP contribution in [0.2, 0.25) is 0 Å². The van der Waals surface area contributed by atoms with Gasteiger partial charge in [-0.2, -0.15) is 5.26 Å². The van der Waals surface area contributed by atoms with Crippen LogP contribution in [0.25, 0.3) is 11.1 Å². The van der Waals surface area contributed by atoms with Crippen molar-refractivity contribution in [1.29, 1.82) is 5.26 Å². The van der Waals surface area contributed by atoms with Crippen molar-refractivity contribution in [3.05, 3.63) is 48.0 Å². The van der Waals surface area contributed by atoms with Crippen molar-refractivity contribution >= 4 is 0 Å². The third kappa shape index (κ3) is 4.81. The van der Waals surface area contributed by atoms with Gasteiger partial charge in [-0.05, 0) is 35.9 Å². The van der Waals surface area contributed by atoms with Crippen molar-refractivity contribution in [2.75, 3.05) is 0 Å². The molecule has 0 atom stereocenters. The Balaban J connectivity index is 2.36. The number of alkyl halides is 6. The van der Waals surface area contributed by atoms with Crippen LogP contribution in [-0.4, -0.2) is 12.7 Å². The third-order valence-electron chi connectivity index (χ3n) is 2.74. The molecule has 0 aliphatic rings. The van der Waals surface area contributed by atoms with E-state index in [1.165, 1.54) is 12.1 Å². The monoisotopic (exact) mass is 347 g/mol. The topological polar surface area (TPSA) is 42.2 Å². The second-order valence-electron chi connectivity index (χ2n) is 4.44. The minimum absolute atomic E-state index is 0.0361. The first-order valence-electron chi connectivity index (χ1n) is 6.23. The predicted molar refractivity (Wildman–Crippen MR) is 70.0 cm³/mol. The van der Waals surface area contributed by atoms with Crippen LogP contribution in [0, 0.1) is 11.3 Å². The fraction of sp³-hybridized carbons (Fsp3) is 0.133. The van der Waals surface area contributed by atoms with Crippen molar-refractivity contribution in [3.8, 4) is 28.7 Å². The molecule has 0 unspecified atom stereocenters. The van der Waals surface area contributed by atoms with Gasteiger partial charge in [-0.1, -0.05) is 12.1 Å². The van der Waals surface area contributed by atoms with Crippen molar-refractivity contribution < 1.29 is 35.8 Å². The van der Waals surface area contributed by atoms with Crippen LogP contribution >= 0.6 is 0 Å². The average molecular weight is 347 g/mol. The molecule has 0 amide bonds. The van der Waals surface area contributed by atoms with Gasteiger partial charge in [0, 0.05) is 5.56 Å². The van der Waals surface area contributed by atoms with Crippen LogP contribution < -0.4 is 9.47 Å². The molecule has 0 aliphatic carbocycles. The van der Waals surface area contributed by atoms with Crippen LogP contribution in [-0.2, 0) is 0 Å². The fourth-order valence-corrected chi connectivity index (χ4v) is 1.89. The smallest absolute Gasteiger partial charge is 0.406 e. The number of nitriles is 1. The first-order valence-corrected chi connectivity index (χ1v) is 6.23. The van der Waals surface area contributed by atoms with E-state index >= 15 is 0 Å². The lowest BCUT2D eigenvalue weighted by Crippen LogP contribution is -2.17. The van der Waals surface area contributed by atoms with Gasteiger partial charge in [-0.3, -0.25) is 0 Å². The van der Waals surface area contributed by atoms with Gasteiger partial charge < -0.3 is 9.47 Å². The number of ether oxygens (including phenoxy) is 2. The van der Waals surface area contributed by atoms with E-state index in [0.717, 1.165) is 30.3 Å². The van der Waals surface area contributed by atoms with Gasteiger partial charge in [-0.25, -0.2) is 0 Å². The van der Waals surface area contributed by atoms with Gasteiger partial charge in [0.25, 0.3) is 0 Å². The van der Waals surface area contributed by atoms with E-state index in [1.54, 1.807) is 6.07 Å². The van der Waals surface area contributed by atoms with Crippen LogP contribution in [0.3, 0.4) is 0 Å². The first-order chi connectivity index (χ1) is 11.1.